The first-order valence-corrected chi connectivity index (χ1v) is 38.1. The van der Waals surface area contributed by atoms with Gasteiger partial charge in [-0.05, 0) is 196 Å². The maximum absolute atomic E-state index is 12.7. The lowest BCUT2D eigenvalue weighted by molar-refractivity contribution is -0.184. The molecule has 7 fully saturated rings. The summed E-state index contributed by atoms with van der Waals surface area (Å²) in [5.41, 5.74) is 3.84. The lowest BCUT2D eigenvalue weighted by atomic mass is 9.87. The number of likely N-dealkylation sites (tertiary alicyclic amines) is 3. The van der Waals surface area contributed by atoms with Crippen LogP contribution in [0.15, 0.2) is 103 Å². The average molecular weight is 1510 g/mol. The van der Waals surface area contributed by atoms with Crippen LogP contribution in [-0.4, -0.2) is 245 Å². The Morgan fingerprint density at radius 2 is 0.876 bits per heavy atom. The Hall–Kier alpha value is -3.98. The number of pyridine rings is 1. The van der Waals surface area contributed by atoms with Crippen LogP contribution in [-0.2, 0) is 13.1 Å². The van der Waals surface area contributed by atoms with E-state index in [0.717, 1.165) is 120 Å². The minimum Gasteiger partial charge on any atom is -0.393 e. The molecule has 6 aliphatic heterocycles. The fourth-order valence-electron chi connectivity index (χ4n) is 13.0. The van der Waals surface area contributed by atoms with Gasteiger partial charge in [-0.3, -0.25) is 4.90 Å². The maximum atomic E-state index is 12.7. The number of hydrogen-bond acceptors (Lipinski definition) is 13. The molecule has 6 saturated heterocycles. The third kappa shape index (κ3) is 49.7. The summed E-state index contributed by atoms with van der Waals surface area (Å²) in [5.74, 6) is 0.870. The Bertz CT molecular complexity index is 2410. The van der Waals surface area contributed by atoms with E-state index < -0.39 is 12.1 Å². The Morgan fingerprint density at radius 3 is 1.30 bits per heavy atom. The number of aromatic nitrogens is 1. The van der Waals surface area contributed by atoms with Crippen molar-refractivity contribution in [2.45, 2.75) is 231 Å². The number of halogens is 5. The van der Waals surface area contributed by atoms with E-state index in [1.165, 1.54) is 173 Å². The number of benzene rings is 3. The van der Waals surface area contributed by atoms with Crippen molar-refractivity contribution in [3.8, 4) is 0 Å². The van der Waals surface area contributed by atoms with E-state index in [4.69, 9.17) is 16.7 Å². The van der Waals surface area contributed by atoms with E-state index >= 15 is 0 Å². The lowest BCUT2D eigenvalue weighted by Gasteiger charge is -2.35. The topological polar surface area (TPSA) is 77.6 Å². The number of nitrogens with one attached hydrogen (secondary N) is 1. The largest absolute Gasteiger partial charge is 0.393 e. The monoisotopic (exact) mass is 1510 g/mol. The van der Waals surface area contributed by atoms with Gasteiger partial charge in [-0.25, -0.2) is 9.37 Å². The first-order valence-electron chi connectivity index (χ1n) is 37.7. The second-order valence-electron chi connectivity index (χ2n) is 26.7. The molecule has 18 heteroatoms. The zero-order valence-electron chi connectivity index (χ0n) is 61.5. The van der Waals surface area contributed by atoms with E-state index in [2.05, 4.69) is 144 Å². The van der Waals surface area contributed by atoms with Gasteiger partial charge in [0.15, 0.2) is 0 Å². The van der Waals surface area contributed by atoms with Gasteiger partial charge in [0.25, 0.3) is 0 Å². The standard InChI is InChI=1S/C14H28N2.C13H19ClN2.C12H17FN2.C9H13N.C8H14F3N.C8H12N2.C7H15NO.C7H15N.9CH4/c1-2-15-10-12-16(13-11-15)9-8-14-6-4-3-5-7-14;1-2-15-7-9-16(10-8-15)11-12-3-5-13(14)6-4-12;1-2-14-7-9-15(10-8-14)12-5-3-11(13)4-6-12;1-2-10-8-9-6-4-3-5-7-9;1-2-12-5-3-7(4-6-12)8(9,10)11;1-3-10(2)8-6-4-5-7-9-8;1-2-8-5-3-7(9)4-6-8;1-2-8-6-4-3-5-7-8;;;;;;;;;/h14H,2-13H2,1H3;3-6H,2,7-11H2,1H3;3-6H,2,7-10H2,1H3;3-7,10H,2,8H2,1H3;7H,2-6H2,1H3;4-7H,3H2,1-2H3;7,9H,2-6H2,1H3;2-7H2,1H3;9*1H4. The molecule has 11 rings (SSSR count). The summed E-state index contributed by atoms with van der Waals surface area (Å²) in [4.78, 5) is 28.2. The number of nitrogens with zero attached hydrogens (tertiary/aromatic N) is 11. The van der Waals surface area contributed by atoms with Crippen LogP contribution in [0.5, 0.6) is 0 Å². The van der Waals surface area contributed by atoms with Crippen LogP contribution in [0.2, 0.25) is 5.02 Å². The molecule has 3 aromatic carbocycles. The van der Waals surface area contributed by atoms with Gasteiger partial charge in [0, 0.05) is 135 Å². The number of anilines is 2. The van der Waals surface area contributed by atoms with Crippen molar-refractivity contribution in [1.29, 1.82) is 0 Å². The number of hydrogen-bond donors (Lipinski definition) is 2. The number of alkyl halides is 3. The van der Waals surface area contributed by atoms with Gasteiger partial charge in [-0.1, -0.05) is 214 Å². The van der Waals surface area contributed by atoms with Gasteiger partial charge in [0.1, 0.15) is 11.6 Å². The molecule has 0 bridgehead atoms. The van der Waals surface area contributed by atoms with Crippen molar-refractivity contribution < 1.29 is 22.7 Å². The molecule has 1 aliphatic carbocycles. The Kier molecular flexibility index (Phi) is 72.6. The predicted molar refractivity (Wildman–Crippen MR) is 461 cm³/mol. The molecule has 1 aromatic heterocycles. The zero-order valence-corrected chi connectivity index (χ0v) is 62.3. The fraction of sp³-hybridized carbons (Fsp3) is 0.736. The molecular weight excluding hydrogens is 1340 g/mol. The van der Waals surface area contributed by atoms with E-state index in [9.17, 15) is 17.6 Å². The third-order valence-corrected chi connectivity index (χ3v) is 20.3. The first kappa shape index (κ1) is 112. The van der Waals surface area contributed by atoms with Gasteiger partial charge in [-0.15, -0.1) is 0 Å². The second kappa shape index (κ2) is 68.1. The van der Waals surface area contributed by atoms with E-state index in [-0.39, 0.29) is 91.6 Å². The average Bonchev–Trinajstić information content (AvgIpc) is 0.871. The third-order valence-electron chi connectivity index (χ3n) is 20.1. The van der Waals surface area contributed by atoms with Crippen molar-refractivity contribution in [2.24, 2.45) is 11.8 Å². The van der Waals surface area contributed by atoms with Crippen LogP contribution in [0.25, 0.3) is 0 Å². The summed E-state index contributed by atoms with van der Waals surface area (Å²) in [6, 6.07) is 31.3. The lowest BCUT2D eigenvalue weighted by Crippen LogP contribution is -2.46. The summed E-state index contributed by atoms with van der Waals surface area (Å²) >= 11 is 5.87. The molecule has 7 heterocycles. The number of rotatable bonds is 17. The Balaban J connectivity index is -0.000000266. The zero-order chi connectivity index (χ0) is 69.6. The highest BCUT2D eigenvalue weighted by molar-refractivity contribution is 6.30. The number of likely N-dealkylation sites (N-methyl/N-ethyl adjacent to an activating group) is 3. The second-order valence-corrected chi connectivity index (χ2v) is 27.1. The Morgan fingerprint density at radius 1 is 0.457 bits per heavy atom. The summed E-state index contributed by atoms with van der Waals surface area (Å²) < 4.78 is 49.2. The number of piperidine rings is 3. The highest BCUT2D eigenvalue weighted by atomic mass is 35.5. The minimum absolute atomic E-state index is 0. The molecule has 1 saturated carbocycles. The highest BCUT2D eigenvalue weighted by Gasteiger charge is 2.40. The van der Waals surface area contributed by atoms with Gasteiger partial charge in [-0.2, -0.15) is 13.2 Å². The highest BCUT2D eigenvalue weighted by Crippen LogP contribution is 2.34. The predicted octanol–water partition coefficient (Wildman–Crippen LogP) is 20.3. The Labute approximate surface area is 653 Å². The van der Waals surface area contributed by atoms with Crippen LogP contribution in [0.3, 0.4) is 0 Å². The number of aliphatic hydroxyl groups excluding tert-OH is 1. The molecule has 0 spiro atoms. The van der Waals surface area contributed by atoms with Crippen molar-refractivity contribution in [2.75, 3.05) is 194 Å². The number of aliphatic hydroxyl groups is 1. The number of piperazine rings is 3. The minimum atomic E-state index is -3.97. The molecule has 0 atom stereocenters. The van der Waals surface area contributed by atoms with Gasteiger partial charge in [0.2, 0.25) is 0 Å². The van der Waals surface area contributed by atoms with Crippen molar-refractivity contribution in [3.63, 3.8) is 0 Å². The SMILES string of the molecule is C.C.C.C.C.C.C.C.C.CCN(C)c1ccccn1.CCN1CCC(C(F)(F)F)CC1.CCN1CCC(O)CC1.CCN1CCCCC1.CCN1CCN(CCC2CCCCC2)CC1.CCN1CCN(Cc2ccc(Cl)cc2)CC1.CCN1CCN(c2ccc(F)cc2)CC1.CCNCc1ccccc1. The van der Waals surface area contributed by atoms with Crippen LogP contribution in [0.1, 0.15) is 217 Å². The molecule has 0 unspecified atom stereocenters. The summed E-state index contributed by atoms with van der Waals surface area (Å²) in [6.45, 7) is 49.8. The molecule has 0 amide bonds. The van der Waals surface area contributed by atoms with Crippen LogP contribution in [0, 0.1) is 17.7 Å². The van der Waals surface area contributed by atoms with Crippen LogP contribution in [0.4, 0.5) is 29.1 Å². The molecule has 4 aromatic rings. The molecule has 0 radical (unpaired) electrons. The molecule has 13 nitrogen and oxygen atoms in total. The van der Waals surface area contributed by atoms with E-state index in [1.807, 2.05) is 68.7 Å². The molecule has 7 aliphatic rings. The summed E-state index contributed by atoms with van der Waals surface area (Å²) in [5, 5.41) is 13.2. The molecule has 2 N–H and O–H groups in total. The quantitative estimate of drug-likeness (QED) is 0.0987. The van der Waals surface area contributed by atoms with Crippen LogP contribution < -0.4 is 15.1 Å². The fourth-order valence-corrected chi connectivity index (χ4v) is 13.1. The van der Waals surface area contributed by atoms with Gasteiger partial charge < -0.3 is 54.5 Å². The van der Waals surface area contributed by atoms with E-state index in [1.54, 1.807) is 0 Å². The normalized spacial score (nSPS) is 17.8. The molecule has 105 heavy (non-hydrogen) atoms. The van der Waals surface area contributed by atoms with Crippen LogP contribution >= 0.6 is 11.6 Å². The summed E-state index contributed by atoms with van der Waals surface area (Å²) in [7, 11) is 2.03. The summed E-state index contributed by atoms with van der Waals surface area (Å²) in [6.07, 6.45) is 13.6. The molecular formula is C87H169ClF4N12O. The van der Waals surface area contributed by atoms with Crippen molar-refractivity contribution in [3.05, 3.63) is 125 Å². The smallest absolute Gasteiger partial charge is 0.391 e. The van der Waals surface area contributed by atoms with E-state index in [0.29, 0.717) is 13.1 Å². The van der Waals surface area contributed by atoms with Gasteiger partial charge in [0.05, 0.1) is 12.0 Å². The first-order chi connectivity index (χ1) is 46.5. The molecule has 618 valence electrons. The maximum Gasteiger partial charge on any atom is 0.391 e. The van der Waals surface area contributed by atoms with Crippen molar-refractivity contribution >= 4 is 23.1 Å². The van der Waals surface area contributed by atoms with Gasteiger partial charge >= 0.3 is 6.18 Å². The van der Waals surface area contributed by atoms with Crippen molar-refractivity contribution in [1.82, 2.24) is 49.5 Å².